The minimum absolute atomic E-state index is 0.190. The van der Waals surface area contributed by atoms with E-state index in [4.69, 9.17) is 12.2 Å². The Hall–Kier alpha value is -2.10. The molecule has 0 saturated heterocycles. The maximum Gasteiger partial charge on any atom is 0.237 e. The molecule has 0 bridgehead atoms. The highest BCUT2D eigenvalue weighted by Gasteiger charge is 2.19. The summed E-state index contributed by atoms with van der Waals surface area (Å²) in [4.78, 5) is 12.3. The van der Waals surface area contributed by atoms with Crippen molar-refractivity contribution in [3.8, 4) is 5.69 Å². The standard InChI is InChI=1S/C17H13F2N3OS3/c1-10(15(23)20-14-9-11(18)7-8-13(14)19)25-16-21-22(17(24)26-16)12-5-3-2-4-6-12/h2-10H,1H3,(H,20,23)/t10-/m1/s1. The number of para-hydroxylation sites is 1. The molecule has 3 aromatic rings. The Balaban J connectivity index is 1.72. The third-order valence-electron chi connectivity index (χ3n) is 3.36. The van der Waals surface area contributed by atoms with Crippen molar-refractivity contribution in [1.29, 1.82) is 0 Å². The number of aromatic nitrogens is 2. The van der Waals surface area contributed by atoms with Crippen LogP contribution in [0.15, 0.2) is 52.9 Å². The van der Waals surface area contributed by atoms with E-state index in [-0.39, 0.29) is 5.69 Å². The summed E-state index contributed by atoms with van der Waals surface area (Å²) >= 11 is 7.81. The lowest BCUT2D eigenvalue weighted by molar-refractivity contribution is -0.115. The number of rotatable bonds is 5. The highest BCUT2D eigenvalue weighted by molar-refractivity contribution is 8.02. The number of nitrogens with zero attached hydrogens (tertiary/aromatic N) is 2. The largest absolute Gasteiger partial charge is 0.323 e. The molecule has 4 nitrogen and oxygen atoms in total. The molecule has 0 aliphatic carbocycles. The number of hydrogen-bond acceptors (Lipinski definition) is 5. The molecule has 0 fully saturated rings. The third-order valence-corrected chi connectivity index (χ3v) is 5.78. The van der Waals surface area contributed by atoms with E-state index in [2.05, 4.69) is 10.4 Å². The second-order valence-electron chi connectivity index (χ2n) is 5.25. The number of amides is 1. The zero-order valence-electron chi connectivity index (χ0n) is 13.5. The highest BCUT2D eigenvalue weighted by atomic mass is 32.2. The minimum Gasteiger partial charge on any atom is -0.323 e. The molecule has 0 aliphatic heterocycles. The molecule has 1 heterocycles. The number of halogens is 2. The van der Waals surface area contributed by atoms with Gasteiger partial charge in [-0.1, -0.05) is 41.3 Å². The Morgan fingerprint density at radius 1 is 1.27 bits per heavy atom. The molecule has 0 radical (unpaired) electrons. The van der Waals surface area contributed by atoms with Gasteiger partial charge in [0.15, 0.2) is 8.29 Å². The number of carbonyl (C=O) groups is 1. The van der Waals surface area contributed by atoms with Crippen LogP contribution in [0.1, 0.15) is 6.92 Å². The second kappa shape index (κ2) is 8.07. The Kier molecular flexibility index (Phi) is 5.80. The molecule has 1 atom stereocenters. The Labute approximate surface area is 161 Å². The first-order valence-electron chi connectivity index (χ1n) is 7.52. The van der Waals surface area contributed by atoms with Crippen LogP contribution in [-0.2, 0) is 4.79 Å². The molecule has 0 unspecified atom stereocenters. The van der Waals surface area contributed by atoms with Crippen LogP contribution in [-0.4, -0.2) is 20.9 Å². The first-order valence-corrected chi connectivity index (χ1v) is 9.62. The Morgan fingerprint density at radius 2 is 2.00 bits per heavy atom. The van der Waals surface area contributed by atoms with Crippen LogP contribution in [0.2, 0.25) is 0 Å². The molecule has 134 valence electrons. The van der Waals surface area contributed by atoms with E-state index in [9.17, 15) is 13.6 Å². The molecular formula is C17H13F2N3OS3. The van der Waals surface area contributed by atoms with E-state index in [1.54, 1.807) is 11.6 Å². The molecule has 26 heavy (non-hydrogen) atoms. The minimum atomic E-state index is -0.694. The van der Waals surface area contributed by atoms with E-state index >= 15 is 0 Å². The SMILES string of the molecule is C[C@@H](Sc1nn(-c2ccccc2)c(=S)s1)C(=O)Nc1cc(F)ccc1F. The summed E-state index contributed by atoms with van der Waals surface area (Å²) in [6.07, 6.45) is 0. The van der Waals surface area contributed by atoms with Crippen LogP contribution in [0.4, 0.5) is 14.5 Å². The molecule has 1 amide bonds. The average molecular weight is 410 g/mol. The van der Waals surface area contributed by atoms with E-state index < -0.39 is 22.8 Å². The molecule has 1 aromatic heterocycles. The van der Waals surface area contributed by atoms with Crippen molar-refractivity contribution >= 4 is 46.9 Å². The quantitative estimate of drug-likeness (QED) is 0.473. The van der Waals surface area contributed by atoms with Crippen LogP contribution < -0.4 is 5.32 Å². The zero-order valence-corrected chi connectivity index (χ0v) is 15.9. The zero-order chi connectivity index (χ0) is 18.7. The average Bonchev–Trinajstić information content (AvgIpc) is 2.99. The molecule has 0 saturated carbocycles. The monoisotopic (exact) mass is 409 g/mol. The first kappa shape index (κ1) is 18.7. The Morgan fingerprint density at radius 3 is 2.73 bits per heavy atom. The first-order chi connectivity index (χ1) is 12.4. The molecule has 9 heteroatoms. The van der Waals surface area contributed by atoms with E-state index in [0.717, 1.165) is 23.9 Å². The number of hydrogen-bond donors (Lipinski definition) is 1. The predicted molar refractivity (Wildman–Crippen MR) is 103 cm³/mol. The van der Waals surface area contributed by atoms with Crippen LogP contribution >= 0.6 is 35.3 Å². The molecule has 0 aliphatic rings. The van der Waals surface area contributed by atoms with Gasteiger partial charge in [-0.3, -0.25) is 4.79 Å². The molecule has 0 spiro atoms. The molecule has 1 N–H and O–H groups in total. The summed E-state index contributed by atoms with van der Waals surface area (Å²) in [5.41, 5.74) is 0.643. The van der Waals surface area contributed by atoms with Gasteiger partial charge in [0.25, 0.3) is 0 Å². The van der Waals surface area contributed by atoms with E-state index in [0.29, 0.717) is 8.29 Å². The summed E-state index contributed by atoms with van der Waals surface area (Å²) < 4.78 is 29.7. The summed E-state index contributed by atoms with van der Waals surface area (Å²) in [5, 5.41) is 6.25. The molecule has 2 aromatic carbocycles. The number of carbonyl (C=O) groups excluding carboxylic acids is 1. The summed E-state index contributed by atoms with van der Waals surface area (Å²) in [7, 11) is 0. The van der Waals surface area contributed by atoms with Crippen molar-refractivity contribution in [1.82, 2.24) is 9.78 Å². The van der Waals surface area contributed by atoms with Gasteiger partial charge in [-0.2, -0.15) is 0 Å². The summed E-state index contributed by atoms with van der Waals surface area (Å²) in [6, 6.07) is 12.3. The van der Waals surface area contributed by atoms with Gasteiger partial charge >= 0.3 is 0 Å². The summed E-state index contributed by atoms with van der Waals surface area (Å²) in [6.45, 7) is 1.66. The fraction of sp³-hybridized carbons (Fsp3) is 0.118. The van der Waals surface area contributed by atoms with Crippen molar-refractivity contribution in [2.45, 2.75) is 16.5 Å². The summed E-state index contributed by atoms with van der Waals surface area (Å²) in [5.74, 6) is -1.77. The van der Waals surface area contributed by atoms with Gasteiger partial charge in [0.05, 0.1) is 16.6 Å². The highest BCUT2D eigenvalue weighted by Crippen LogP contribution is 2.28. The topological polar surface area (TPSA) is 46.9 Å². The number of nitrogens with one attached hydrogen (secondary N) is 1. The van der Waals surface area contributed by atoms with Crippen molar-refractivity contribution in [3.05, 3.63) is 64.1 Å². The number of anilines is 1. The van der Waals surface area contributed by atoms with Crippen LogP contribution in [0.5, 0.6) is 0 Å². The van der Waals surface area contributed by atoms with Crippen LogP contribution in [0, 0.1) is 15.6 Å². The fourth-order valence-corrected chi connectivity index (χ4v) is 4.58. The normalized spacial score (nSPS) is 12.0. The lowest BCUT2D eigenvalue weighted by atomic mass is 10.3. The lowest BCUT2D eigenvalue weighted by Gasteiger charge is -2.11. The molecule has 3 rings (SSSR count). The van der Waals surface area contributed by atoms with Crippen molar-refractivity contribution in [3.63, 3.8) is 0 Å². The third kappa shape index (κ3) is 4.35. The van der Waals surface area contributed by atoms with Gasteiger partial charge in [0, 0.05) is 6.07 Å². The Bertz CT molecular complexity index is 988. The maximum atomic E-state index is 13.6. The number of thioether (sulfide) groups is 1. The van der Waals surface area contributed by atoms with Gasteiger partial charge < -0.3 is 5.32 Å². The fourth-order valence-electron chi connectivity index (χ4n) is 2.07. The van der Waals surface area contributed by atoms with Gasteiger partial charge in [-0.15, -0.1) is 5.10 Å². The van der Waals surface area contributed by atoms with E-state index in [1.165, 1.54) is 23.1 Å². The van der Waals surface area contributed by atoms with Gasteiger partial charge in [0.1, 0.15) is 11.6 Å². The van der Waals surface area contributed by atoms with Crippen molar-refractivity contribution in [2.24, 2.45) is 0 Å². The smallest absolute Gasteiger partial charge is 0.237 e. The number of benzene rings is 2. The van der Waals surface area contributed by atoms with Crippen LogP contribution in [0.25, 0.3) is 5.69 Å². The molecular weight excluding hydrogens is 396 g/mol. The maximum absolute atomic E-state index is 13.6. The second-order valence-corrected chi connectivity index (χ2v) is 8.47. The van der Waals surface area contributed by atoms with Gasteiger partial charge in [0.2, 0.25) is 5.91 Å². The van der Waals surface area contributed by atoms with Crippen molar-refractivity contribution in [2.75, 3.05) is 5.32 Å². The van der Waals surface area contributed by atoms with E-state index in [1.807, 2.05) is 30.3 Å². The van der Waals surface area contributed by atoms with Crippen molar-refractivity contribution < 1.29 is 13.6 Å². The van der Waals surface area contributed by atoms with Gasteiger partial charge in [-0.05, 0) is 43.4 Å². The van der Waals surface area contributed by atoms with Crippen LogP contribution in [0.3, 0.4) is 0 Å². The van der Waals surface area contributed by atoms with Gasteiger partial charge in [-0.25, -0.2) is 13.5 Å². The predicted octanol–water partition coefficient (Wildman–Crippen LogP) is 5.06. The lowest BCUT2D eigenvalue weighted by Crippen LogP contribution is -2.23.